The Hall–Kier alpha value is -3.34. The molecule has 0 bridgehead atoms. The van der Waals surface area contributed by atoms with E-state index < -0.39 is 0 Å². The van der Waals surface area contributed by atoms with E-state index in [2.05, 4.69) is 4.99 Å². The van der Waals surface area contributed by atoms with Crippen LogP contribution in [0.2, 0.25) is 10.0 Å². The fourth-order valence-electron chi connectivity index (χ4n) is 3.69. The molecule has 0 radical (unpaired) electrons. The van der Waals surface area contributed by atoms with Crippen LogP contribution in [0.25, 0.3) is 16.9 Å². The lowest BCUT2D eigenvalue weighted by atomic mass is 10.1. The molecule has 1 aliphatic rings. The molecule has 0 atom stereocenters. The molecule has 0 N–H and O–H groups in total. The first-order chi connectivity index (χ1) is 15.5. The number of para-hydroxylation sites is 1. The van der Waals surface area contributed by atoms with Crippen LogP contribution in [0.15, 0.2) is 59.6 Å². The van der Waals surface area contributed by atoms with Gasteiger partial charge in [-0.25, -0.2) is 4.68 Å². The molecule has 9 heteroatoms. The largest absolute Gasteiger partial charge is 0.351 e. The number of halogens is 2. The summed E-state index contributed by atoms with van der Waals surface area (Å²) in [6.45, 7) is 3.82. The van der Waals surface area contributed by atoms with E-state index in [-0.39, 0.29) is 5.91 Å². The van der Waals surface area contributed by atoms with E-state index >= 15 is 0 Å². The van der Waals surface area contributed by atoms with Crippen molar-refractivity contribution in [2.75, 3.05) is 26.2 Å². The first-order valence-corrected chi connectivity index (χ1v) is 10.8. The number of carbonyl (C=O) groups is 1. The van der Waals surface area contributed by atoms with E-state index in [0.717, 1.165) is 11.3 Å². The normalized spacial score (nSPS) is 14.4. The molecule has 0 aliphatic carbocycles. The van der Waals surface area contributed by atoms with Gasteiger partial charge in [-0.15, -0.1) is 0 Å². The Morgan fingerprint density at radius 2 is 1.69 bits per heavy atom. The average Bonchev–Trinajstić information content (AvgIpc) is 3.23. The van der Waals surface area contributed by atoms with Gasteiger partial charge in [-0.1, -0.05) is 47.5 Å². The molecule has 0 unspecified atom stereocenters. The van der Waals surface area contributed by atoms with Crippen molar-refractivity contribution in [3.63, 3.8) is 0 Å². The molecule has 1 saturated heterocycles. The summed E-state index contributed by atoms with van der Waals surface area (Å²) in [6, 6.07) is 16.7. The van der Waals surface area contributed by atoms with E-state index in [1.807, 2.05) is 59.6 Å². The number of rotatable bonds is 3. The zero-order valence-corrected chi connectivity index (χ0v) is 18.9. The number of amidine groups is 1. The Kier molecular flexibility index (Phi) is 6.45. The quantitative estimate of drug-likeness (QED) is 0.328. The maximum atomic E-state index is 11.7. The van der Waals surface area contributed by atoms with Crippen molar-refractivity contribution < 1.29 is 4.79 Å². The molecule has 1 aromatic heterocycles. The van der Waals surface area contributed by atoms with Crippen LogP contribution in [-0.4, -0.2) is 57.5 Å². The lowest BCUT2D eigenvalue weighted by Crippen LogP contribution is -2.50. The van der Waals surface area contributed by atoms with E-state index in [1.54, 1.807) is 22.6 Å². The van der Waals surface area contributed by atoms with Gasteiger partial charge >= 0.3 is 0 Å². The van der Waals surface area contributed by atoms with Gasteiger partial charge in [0.25, 0.3) is 0 Å². The number of benzene rings is 2. The van der Waals surface area contributed by atoms with Crippen molar-refractivity contribution in [2.45, 2.75) is 6.92 Å². The number of hydrogen-bond acceptors (Lipinski definition) is 4. The van der Waals surface area contributed by atoms with Crippen molar-refractivity contribution in [1.29, 1.82) is 5.26 Å². The minimum Gasteiger partial charge on any atom is -0.351 e. The fraction of sp³-hybridized carbons (Fsp3) is 0.217. The Bertz CT molecular complexity index is 1200. The highest BCUT2D eigenvalue weighted by atomic mass is 35.5. The van der Waals surface area contributed by atoms with Crippen molar-refractivity contribution >= 4 is 34.9 Å². The molecule has 2 heterocycles. The lowest BCUT2D eigenvalue weighted by molar-refractivity contribution is -0.130. The van der Waals surface area contributed by atoms with Crippen LogP contribution < -0.4 is 0 Å². The third-order valence-corrected chi connectivity index (χ3v) is 5.91. The van der Waals surface area contributed by atoms with Crippen LogP contribution in [0.1, 0.15) is 12.6 Å². The van der Waals surface area contributed by atoms with Crippen LogP contribution in [0.3, 0.4) is 0 Å². The number of hydrogen-bond donors (Lipinski definition) is 0. The molecular formula is C23H20Cl2N6O. The van der Waals surface area contributed by atoms with E-state index in [1.165, 1.54) is 0 Å². The summed E-state index contributed by atoms with van der Waals surface area (Å²) in [4.78, 5) is 19.5. The summed E-state index contributed by atoms with van der Waals surface area (Å²) < 4.78 is 1.75. The minimum atomic E-state index is 0.0384. The molecule has 1 aliphatic heterocycles. The molecular weight excluding hydrogens is 447 g/mol. The van der Waals surface area contributed by atoms with Gasteiger partial charge in [0, 0.05) is 43.7 Å². The molecule has 32 heavy (non-hydrogen) atoms. The van der Waals surface area contributed by atoms with E-state index in [4.69, 9.17) is 28.3 Å². The number of carbonyl (C=O) groups excluding carboxylic acids is 1. The topological polar surface area (TPSA) is 77.5 Å². The van der Waals surface area contributed by atoms with Gasteiger partial charge < -0.3 is 9.80 Å². The molecule has 0 spiro atoms. The number of nitrogens with zero attached hydrogens (tertiary/aromatic N) is 6. The second kappa shape index (κ2) is 9.43. The average molecular weight is 467 g/mol. The van der Waals surface area contributed by atoms with Crippen LogP contribution in [0.5, 0.6) is 0 Å². The number of aromatic nitrogens is 2. The summed E-state index contributed by atoms with van der Waals surface area (Å²) in [5.74, 6) is 0.508. The van der Waals surface area contributed by atoms with Crippen LogP contribution in [-0.2, 0) is 4.79 Å². The summed E-state index contributed by atoms with van der Waals surface area (Å²) in [7, 11) is 0. The monoisotopic (exact) mass is 466 g/mol. The Balaban J connectivity index is 1.78. The molecule has 0 saturated carbocycles. The molecule has 3 aromatic rings. The fourth-order valence-corrected chi connectivity index (χ4v) is 4.04. The third kappa shape index (κ3) is 4.47. The number of piperazine rings is 1. The van der Waals surface area contributed by atoms with E-state index in [0.29, 0.717) is 53.4 Å². The molecule has 1 fully saturated rings. The Morgan fingerprint density at radius 3 is 2.31 bits per heavy atom. The van der Waals surface area contributed by atoms with Gasteiger partial charge in [0.15, 0.2) is 5.84 Å². The highest BCUT2D eigenvalue weighted by Gasteiger charge is 2.25. The summed E-state index contributed by atoms with van der Waals surface area (Å²) in [6.07, 6.45) is 1.90. The maximum absolute atomic E-state index is 11.7. The predicted molar refractivity (Wildman–Crippen MR) is 125 cm³/mol. The smallest absolute Gasteiger partial charge is 0.219 e. The van der Waals surface area contributed by atoms with Gasteiger partial charge in [0.1, 0.15) is 5.69 Å². The van der Waals surface area contributed by atoms with Gasteiger partial charge in [-0.3, -0.25) is 4.79 Å². The Morgan fingerprint density at radius 1 is 1.03 bits per heavy atom. The van der Waals surface area contributed by atoms with Crippen molar-refractivity contribution in [3.05, 3.63) is 70.3 Å². The summed E-state index contributed by atoms with van der Waals surface area (Å²) in [5, 5.41) is 15.3. The predicted octanol–water partition coefficient (Wildman–Crippen LogP) is 4.24. The van der Waals surface area contributed by atoms with Crippen molar-refractivity contribution in [1.82, 2.24) is 19.6 Å². The number of amides is 1. The maximum Gasteiger partial charge on any atom is 0.219 e. The second-order valence-corrected chi connectivity index (χ2v) is 8.16. The minimum absolute atomic E-state index is 0.0384. The zero-order chi connectivity index (χ0) is 22.7. The summed E-state index contributed by atoms with van der Waals surface area (Å²) >= 11 is 12.6. The van der Waals surface area contributed by atoms with Crippen LogP contribution >= 0.6 is 23.2 Å². The molecule has 4 rings (SSSR count). The second-order valence-electron chi connectivity index (χ2n) is 7.31. The highest BCUT2D eigenvalue weighted by Crippen LogP contribution is 2.29. The third-order valence-electron chi connectivity index (χ3n) is 5.34. The summed E-state index contributed by atoms with van der Waals surface area (Å²) in [5.41, 5.74) is 2.94. The van der Waals surface area contributed by atoms with Gasteiger partial charge in [0.2, 0.25) is 12.1 Å². The molecule has 162 valence electrons. The SMILES string of the molecule is CC(=O)N1CCN(C(=NC#N)c2cc(-c3ccc(Cl)cc3)n(-c3ccccc3Cl)n2)CC1. The first-order valence-electron chi connectivity index (χ1n) is 10.1. The number of nitriles is 1. The van der Waals surface area contributed by atoms with Crippen molar-refractivity contribution in [3.8, 4) is 23.1 Å². The lowest BCUT2D eigenvalue weighted by Gasteiger charge is -2.35. The standard InChI is InChI=1S/C23H20Cl2N6O/c1-16(32)29-10-12-30(13-11-29)23(27-15-26)20-14-22(17-6-8-18(24)9-7-17)31(28-20)21-5-3-2-4-19(21)25/h2-9,14H,10-13H2,1H3. The van der Waals surface area contributed by atoms with Crippen molar-refractivity contribution in [2.24, 2.45) is 4.99 Å². The van der Waals surface area contributed by atoms with Crippen LogP contribution in [0, 0.1) is 11.5 Å². The number of aliphatic imine (C=N–C) groups is 1. The highest BCUT2D eigenvalue weighted by molar-refractivity contribution is 6.32. The van der Waals surface area contributed by atoms with Crippen LogP contribution in [0.4, 0.5) is 0 Å². The molecule has 1 amide bonds. The molecule has 2 aromatic carbocycles. The van der Waals surface area contributed by atoms with Gasteiger partial charge in [-0.05, 0) is 30.3 Å². The molecule has 7 nitrogen and oxygen atoms in total. The van der Waals surface area contributed by atoms with Gasteiger partial charge in [0.05, 0.1) is 16.4 Å². The first kappa shape index (κ1) is 21.9. The zero-order valence-electron chi connectivity index (χ0n) is 17.4. The van der Waals surface area contributed by atoms with Gasteiger partial charge in [-0.2, -0.15) is 15.4 Å². The van der Waals surface area contributed by atoms with E-state index in [9.17, 15) is 10.1 Å². The Labute approximate surface area is 196 Å².